The fraction of sp³-hybridized carbons (Fsp3) is 0.250. The highest BCUT2D eigenvalue weighted by atomic mass is 32.1. The van der Waals surface area contributed by atoms with E-state index in [1.165, 1.54) is 6.26 Å². The number of benzene rings is 1. The van der Waals surface area contributed by atoms with Crippen LogP contribution in [0.3, 0.4) is 0 Å². The van der Waals surface area contributed by atoms with Crippen LogP contribution in [0.4, 0.5) is 5.13 Å². The molecule has 10 heteroatoms. The Hall–Kier alpha value is -3.92. The Morgan fingerprint density at radius 3 is 2.53 bits per heavy atom. The second kappa shape index (κ2) is 9.52. The van der Waals surface area contributed by atoms with Crippen LogP contribution < -0.4 is 9.64 Å². The Morgan fingerprint density at radius 2 is 1.91 bits per heavy atom. The van der Waals surface area contributed by atoms with E-state index in [1.54, 1.807) is 50.2 Å². The molecule has 0 radical (unpaired) electrons. The molecule has 2 aromatic heterocycles. The van der Waals surface area contributed by atoms with Gasteiger partial charge in [0.05, 0.1) is 30.7 Å². The van der Waals surface area contributed by atoms with Crippen molar-refractivity contribution in [2.45, 2.75) is 26.8 Å². The largest absolute Gasteiger partial charge is 0.507 e. The average Bonchev–Trinajstić information content (AvgIpc) is 3.53. The molecule has 1 aliphatic heterocycles. The smallest absolute Gasteiger partial charge is 0.350 e. The highest BCUT2D eigenvalue weighted by molar-refractivity contribution is 7.17. The van der Waals surface area contributed by atoms with Crippen molar-refractivity contribution in [1.29, 1.82) is 0 Å². The first-order chi connectivity index (χ1) is 16.4. The summed E-state index contributed by atoms with van der Waals surface area (Å²) >= 11 is 0.933. The summed E-state index contributed by atoms with van der Waals surface area (Å²) in [6, 6.07) is 8.66. The summed E-state index contributed by atoms with van der Waals surface area (Å²) in [6.07, 6.45) is 1.41. The number of hydrogen-bond acceptors (Lipinski definition) is 9. The molecule has 1 amide bonds. The first kappa shape index (κ1) is 23.2. The molecule has 176 valence electrons. The molecule has 0 saturated carbocycles. The lowest BCUT2D eigenvalue weighted by atomic mass is 9.99. The molecule has 3 aromatic rings. The van der Waals surface area contributed by atoms with Crippen molar-refractivity contribution < 1.29 is 33.4 Å². The lowest BCUT2D eigenvalue weighted by Crippen LogP contribution is -2.29. The van der Waals surface area contributed by atoms with Gasteiger partial charge in [0.2, 0.25) is 0 Å². The highest BCUT2D eigenvalue weighted by Crippen LogP contribution is 2.44. The van der Waals surface area contributed by atoms with Crippen LogP contribution >= 0.6 is 11.3 Å². The summed E-state index contributed by atoms with van der Waals surface area (Å²) in [5, 5.41) is 11.2. The van der Waals surface area contributed by atoms with Crippen LogP contribution in [0.2, 0.25) is 0 Å². The number of furan rings is 1. The number of esters is 1. The van der Waals surface area contributed by atoms with Crippen molar-refractivity contribution in [2.75, 3.05) is 18.1 Å². The lowest BCUT2D eigenvalue weighted by molar-refractivity contribution is -0.132. The molecule has 9 nitrogen and oxygen atoms in total. The molecule has 34 heavy (non-hydrogen) atoms. The van der Waals surface area contributed by atoms with Gasteiger partial charge in [-0.1, -0.05) is 11.3 Å². The van der Waals surface area contributed by atoms with Crippen molar-refractivity contribution >= 4 is 39.9 Å². The van der Waals surface area contributed by atoms with Gasteiger partial charge in [-0.05, 0) is 57.2 Å². The van der Waals surface area contributed by atoms with E-state index < -0.39 is 23.7 Å². The Balaban J connectivity index is 1.83. The molecule has 0 spiro atoms. The Morgan fingerprint density at radius 1 is 1.18 bits per heavy atom. The number of carbonyl (C=O) groups is 3. The number of aliphatic hydroxyl groups excluding tert-OH is 1. The Kier molecular flexibility index (Phi) is 6.51. The standard InChI is InChI=1S/C24H22N2O7S/c1-4-31-15-10-8-14(9-11-15)19(27)17-18(16-7-6-12-33-16)26(22(29)20(17)28)24-25-13(3)21(34-24)23(30)32-5-2/h6-12,18,27H,4-5H2,1-3H3/b19-17+/t18-/m1/s1. The summed E-state index contributed by atoms with van der Waals surface area (Å²) in [4.78, 5) is 44.2. The third-order valence-electron chi connectivity index (χ3n) is 5.15. The number of aromatic nitrogens is 1. The summed E-state index contributed by atoms with van der Waals surface area (Å²) in [6.45, 7) is 5.82. The minimum absolute atomic E-state index is 0.120. The number of nitrogens with zero attached hydrogens (tertiary/aromatic N) is 2. The van der Waals surface area contributed by atoms with Crippen molar-refractivity contribution in [2.24, 2.45) is 0 Å². The number of aryl methyl sites for hydroxylation is 1. The molecule has 1 N–H and O–H groups in total. The minimum atomic E-state index is -1.07. The zero-order valence-corrected chi connectivity index (χ0v) is 19.5. The molecular formula is C24H22N2O7S. The first-order valence-corrected chi connectivity index (χ1v) is 11.4. The summed E-state index contributed by atoms with van der Waals surface area (Å²) in [7, 11) is 0. The van der Waals surface area contributed by atoms with Gasteiger partial charge in [-0.25, -0.2) is 9.78 Å². The van der Waals surface area contributed by atoms with E-state index in [9.17, 15) is 19.5 Å². The summed E-state index contributed by atoms with van der Waals surface area (Å²) < 4.78 is 16.0. The molecule has 0 unspecified atom stereocenters. The van der Waals surface area contributed by atoms with Gasteiger partial charge in [0.25, 0.3) is 5.78 Å². The topological polar surface area (TPSA) is 119 Å². The van der Waals surface area contributed by atoms with Crippen LogP contribution in [0.25, 0.3) is 5.76 Å². The lowest BCUT2D eigenvalue weighted by Gasteiger charge is -2.20. The number of anilines is 1. The second-order valence-electron chi connectivity index (χ2n) is 7.27. The van der Waals surface area contributed by atoms with Crippen LogP contribution in [0.15, 0.2) is 52.7 Å². The minimum Gasteiger partial charge on any atom is -0.507 e. The van der Waals surface area contributed by atoms with Gasteiger partial charge in [-0.3, -0.25) is 14.5 Å². The van der Waals surface area contributed by atoms with Crippen molar-refractivity contribution in [1.82, 2.24) is 4.98 Å². The number of hydrogen-bond donors (Lipinski definition) is 1. The zero-order chi connectivity index (χ0) is 24.4. The predicted molar refractivity (Wildman–Crippen MR) is 124 cm³/mol. The summed E-state index contributed by atoms with van der Waals surface area (Å²) in [5.74, 6) is -1.84. The number of amides is 1. The van der Waals surface area contributed by atoms with E-state index in [2.05, 4.69) is 4.98 Å². The highest BCUT2D eigenvalue weighted by Gasteiger charge is 2.49. The zero-order valence-electron chi connectivity index (χ0n) is 18.7. The number of ether oxygens (including phenoxy) is 2. The van der Waals surface area contributed by atoms with E-state index in [0.717, 1.165) is 16.2 Å². The quantitative estimate of drug-likeness (QED) is 0.230. The number of ketones is 1. The number of aliphatic hydroxyl groups is 1. The fourth-order valence-corrected chi connectivity index (χ4v) is 4.64. The SMILES string of the molecule is CCOC(=O)c1sc(N2C(=O)C(=O)/C(=C(/O)c3ccc(OCC)cc3)[C@H]2c2ccco2)nc1C. The van der Waals surface area contributed by atoms with E-state index in [-0.39, 0.29) is 33.7 Å². The summed E-state index contributed by atoms with van der Waals surface area (Å²) in [5.41, 5.74) is 0.556. The van der Waals surface area contributed by atoms with E-state index in [4.69, 9.17) is 13.9 Å². The van der Waals surface area contributed by atoms with Crippen molar-refractivity contribution in [3.05, 3.63) is 70.1 Å². The number of carbonyl (C=O) groups excluding carboxylic acids is 3. The molecule has 3 heterocycles. The molecule has 0 aliphatic carbocycles. The van der Waals surface area contributed by atoms with Crippen LogP contribution in [0.5, 0.6) is 5.75 Å². The van der Waals surface area contributed by atoms with Gasteiger partial charge < -0.3 is 19.0 Å². The van der Waals surface area contributed by atoms with Gasteiger partial charge in [-0.2, -0.15) is 0 Å². The maximum atomic E-state index is 13.1. The monoisotopic (exact) mass is 482 g/mol. The van der Waals surface area contributed by atoms with Crippen LogP contribution in [-0.4, -0.2) is 41.0 Å². The predicted octanol–water partition coefficient (Wildman–Crippen LogP) is 4.25. The van der Waals surface area contributed by atoms with E-state index in [0.29, 0.717) is 23.6 Å². The molecule has 1 fully saturated rings. The second-order valence-corrected chi connectivity index (χ2v) is 8.25. The van der Waals surface area contributed by atoms with Gasteiger partial charge >= 0.3 is 11.9 Å². The molecule has 0 bridgehead atoms. The van der Waals surface area contributed by atoms with E-state index >= 15 is 0 Å². The molecule has 1 aliphatic rings. The first-order valence-electron chi connectivity index (χ1n) is 10.6. The molecule has 1 atom stereocenters. The third-order valence-corrected chi connectivity index (χ3v) is 6.28. The van der Waals surface area contributed by atoms with Crippen molar-refractivity contribution in [3.8, 4) is 5.75 Å². The number of thiazole rings is 1. The van der Waals surface area contributed by atoms with E-state index in [1.807, 2.05) is 6.92 Å². The molecular weight excluding hydrogens is 460 g/mol. The van der Waals surface area contributed by atoms with Gasteiger partial charge in [0.15, 0.2) is 5.13 Å². The Labute approximate surface area is 199 Å². The Bertz CT molecular complexity index is 1260. The maximum absolute atomic E-state index is 13.1. The fourth-order valence-electron chi connectivity index (χ4n) is 3.65. The van der Waals surface area contributed by atoms with Crippen LogP contribution in [-0.2, 0) is 14.3 Å². The number of rotatable bonds is 7. The number of Topliss-reactive ketones (excluding diaryl/α,β-unsaturated/α-hetero) is 1. The normalized spacial score (nSPS) is 17.3. The maximum Gasteiger partial charge on any atom is 0.350 e. The van der Waals surface area contributed by atoms with Crippen LogP contribution in [0, 0.1) is 6.92 Å². The third kappa shape index (κ3) is 4.08. The average molecular weight is 483 g/mol. The van der Waals surface area contributed by atoms with Crippen LogP contribution in [0.1, 0.15) is 46.6 Å². The van der Waals surface area contributed by atoms with Gasteiger partial charge in [-0.15, -0.1) is 0 Å². The van der Waals surface area contributed by atoms with Crippen molar-refractivity contribution in [3.63, 3.8) is 0 Å². The molecule has 1 saturated heterocycles. The van der Waals surface area contributed by atoms with Gasteiger partial charge in [0, 0.05) is 5.56 Å². The van der Waals surface area contributed by atoms with Gasteiger partial charge in [0.1, 0.15) is 28.2 Å². The molecule has 1 aromatic carbocycles. The molecule has 4 rings (SSSR count).